The van der Waals surface area contributed by atoms with Crippen molar-refractivity contribution in [3.63, 3.8) is 0 Å². The highest BCUT2D eigenvalue weighted by molar-refractivity contribution is 6.15. The van der Waals surface area contributed by atoms with Crippen molar-refractivity contribution in [1.82, 2.24) is 29.9 Å². The van der Waals surface area contributed by atoms with Crippen molar-refractivity contribution in [3.05, 3.63) is 95.7 Å². The van der Waals surface area contributed by atoms with Gasteiger partial charge in [0.05, 0.1) is 56.3 Å². The van der Waals surface area contributed by atoms with Gasteiger partial charge in [-0.25, -0.2) is 9.97 Å². The molecule has 0 unspecified atom stereocenters. The van der Waals surface area contributed by atoms with E-state index in [0.717, 1.165) is 32.6 Å². The molecule has 0 saturated carbocycles. The lowest BCUT2D eigenvalue weighted by Crippen LogP contribution is -2.06. The monoisotopic (exact) mass is 502 g/mol. The maximum Gasteiger partial charge on any atom is 0.205 e. The molecular formula is C31H14N6O2. The molecule has 8 nitrogen and oxygen atoms in total. The number of pyridine rings is 6. The quantitative estimate of drug-likeness (QED) is 0.177. The largest absolute Gasteiger partial charge is 0.452 e. The molecule has 180 valence electrons. The Hall–Kier alpha value is -5.63. The van der Waals surface area contributed by atoms with Gasteiger partial charge in [0.2, 0.25) is 5.43 Å². The summed E-state index contributed by atoms with van der Waals surface area (Å²) in [7, 11) is 0. The summed E-state index contributed by atoms with van der Waals surface area (Å²) < 4.78 is 6.21. The average molecular weight is 502 g/mol. The minimum absolute atomic E-state index is 0.230. The maximum atomic E-state index is 14.3. The van der Waals surface area contributed by atoms with Crippen molar-refractivity contribution in [1.29, 1.82) is 0 Å². The Labute approximate surface area is 217 Å². The molecular weight excluding hydrogens is 488 g/mol. The summed E-state index contributed by atoms with van der Waals surface area (Å²) in [4.78, 5) is 42.4. The zero-order chi connectivity index (χ0) is 25.7. The van der Waals surface area contributed by atoms with E-state index in [1.807, 2.05) is 60.7 Å². The van der Waals surface area contributed by atoms with Gasteiger partial charge in [-0.05, 0) is 24.3 Å². The Kier molecular flexibility index (Phi) is 3.79. The van der Waals surface area contributed by atoms with Crippen molar-refractivity contribution in [3.8, 4) is 0 Å². The number of fused-ring (bicyclic) bond motifs is 12. The maximum absolute atomic E-state index is 14.3. The number of aromatic nitrogens is 6. The van der Waals surface area contributed by atoms with Gasteiger partial charge >= 0.3 is 0 Å². The Bertz CT molecular complexity index is 2420. The normalized spacial score (nSPS) is 12.2. The van der Waals surface area contributed by atoms with Gasteiger partial charge in [-0.15, -0.1) is 0 Å². The lowest BCUT2D eigenvalue weighted by atomic mass is 10.1. The van der Waals surface area contributed by atoms with Gasteiger partial charge in [0.25, 0.3) is 0 Å². The summed E-state index contributed by atoms with van der Waals surface area (Å²) in [5, 5.41) is 4.44. The summed E-state index contributed by atoms with van der Waals surface area (Å²) in [5.41, 5.74) is 5.52. The molecule has 7 aromatic heterocycles. The van der Waals surface area contributed by atoms with Gasteiger partial charge < -0.3 is 4.42 Å². The number of hydrogen-bond donors (Lipinski definition) is 0. The summed E-state index contributed by atoms with van der Waals surface area (Å²) in [5.74, 6) is 0. The Balaban J connectivity index is 1.47. The molecule has 0 saturated heterocycles. The van der Waals surface area contributed by atoms with E-state index in [-0.39, 0.29) is 5.43 Å². The first-order valence-electron chi connectivity index (χ1n) is 12.4. The number of benzene rings is 2. The van der Waals surface area contributed by atoms with Crippen LogP contribution in [0.1, 0.15) is 0 Å². The molecule has 7 heterocycles. The molecule has 0 aliphatic heterocycles. The molecule has 39 heavy (non-hydrogen) atoms. The van der Waals surface area contributed by atoms with Gasteiger partial charge in [-0.1, -0.05) is 36.4 Å². The second-order valence-electron chi connectivity index (χ2n) is 9.56. The van der Waals surface area contributed by atoms with Crippen LogP contribution < -0.4 is 5.43 Å². The standard InChI is InChI=1S/C31H14N6O2/c38-31-23-21(13-34-19-11-17-7-5-15-3-1-9-32-25(15)27(17)36-29(19)23)39-22-14-35-20-12-18-8-6-16-4-2-10-33-26(16)28(18)37-30(20)24(22)31/h1-14H. The minimum Gasteiger partial charge on any atom is -0.452 e. The predicted octanol–water partition coefficient (Wildman–Crippen LogP) is 6.24. The van der Waals surface area contributed by atoms with Crippen LogP contribution in [0.3, 0.4) is 0 Å². The minimum atomic E-state index is -0.230. The van der Waals surface area contributed by atoms with E-state index in [0.29, 0.717) is 55.0 Å². The van der Waals surface area contributed by atoms with Crippen LogP contribution in [0.25, 0.3) is 87.6 Å². The molecule has 0 aliphatic carbocycles. The van der Waals surface area contributed by atoms with Crippen LogP contribution >= 0.6 is 0 Å². The third-order valence-corrected chi connectivity index (χ3v) is 7.36. The van der Waals surface area contributed by atoms with Gasteiger partial charge in [0.15, 0.2) is 11.2 Å². The Morgan fingerprint density at radius 1 is 0.513 bits per heavy atom. The Morgan fingerprint density at radius 2 is 1.00 bits per heavy atom. The Morgan fingerprint density at radius 3 is 1.51 bits per heavy atom. The van der Waals surface area contributed by atoms with Crippen molar-refractivity contribution in [2.24, 2.45) is 0 Å². The van der Waals surface area contributed by atoms with Gasteiger partial charge in [-0.3, -0.25) is 24.7 Å². The summed E-state index contributed by atoms with van der Waals surface area (Å²) in [6, 6.07) is 19.6. The molecule has 8 heteroatoms. The van der Waals surface area contributed by atoms with E-state index in [1.165, 1.54) is 0 Å². The number of rotatable bonds is 0. The van der Waals surface area contributed by atoms with Crippen molar-refractivity contribution in [2.45, 2.75) is 0 Å². The summed E-state index contributed by atoms with van der Waals surface area (Å²) >= 11 is 0. The fourth-order valence-electron chi connectivity index (χ4n) is 5.55. The third-order valence-electron chi connectivity index (χ3n) is 7.36. The van der Waals surface area contributed by atoms with Crippen molar-refractivity contribution in [2.75, 3.05) is 0 Å². The predicted molar refractivity (Wildman–Crippen MR) is 152 cm³/mol. The lowest BCUT2D eigenvalue weighted by molar-refractivity contribution is 0.657. The van der Waals surface area contributed by atoms with E-state index in [4.69, 9.17) is 14.4 Å². The first kappa shape index (κ1) is 20.4. The van der Waals surface area contributed by atoms with Crippen LogP contribution in [0, 0.1) is 0 Å². The third kappa shape index (κ3) is 2.74. The molecule has 9 aromatic rings. The first-order valence-corrected chi connectivity index (χ1v) is 12.4. The smallest absolute Gasteiger partial charge is 0.205 e. The highest BCUT2D eigenvalue weighted by Crippen LogP contribution is 2.31. The number of hydrogen-bond acceptors (Lipinski definition) is 8. The van der Waals surface area contributed by atoms with Crippen LogP contribution in [-0.4, -0.2) is 29.9 Å². The van der Waals surface area contributed by atoms with Crippen LogP contribution in [0.4, 0.5) is 0 Å². The molecule has 0 radical (unpaired) electrons. The first-order chi connectivity index (χ1) is 19.2. The van der Waals surface area contributed by atoms with Crippen molar-refractivity contribution >= 4 is 87.6 Å². The second kappa shape index (κ2) is 7.23. The van der Waals surface area contributed by atoms with Crippen LogP contribution in [-0.2, 0) is 0 Å². The van der Waals surface area contributed by atoms with Crippen LogP contribution in [0.5, 0.6) is 0 Å². The molecule has 0 amide bonds. The molecule has 0 atom stereocenters. The summed E-state index contributed by atoms with van der Waals surface area (Å²) in [6.45, 7) is 0. The van der Waals surface area contributed by atoms with Crippen LogP contribution in [0.15, 0.2) is 94.7 Å². The molecule has 9 rings (SSSR count). The zero-order valence-electron chi connectivity index (χ0n) is 20.1. The SMILES string of the molecule is O=c1c2c(cnc3cc4ccc5cccnc5c4nc32)oc2cnc3cc4ccc5cccnc5c4nc3c12. The molecule has 0 aliphatic rings. The molecule has 0 fully saturated rings. The fourth-order valence-corrected chi connectivity index (χ4v) is 5.55. The molecule has 0 spiro atoms. The van der Waals surface area contributed by atoms with E-state index in [1.54, 1.807) is 24.8 Å². The molecule has 0 bridgehead atoms. The topological polar surface area (TPSA) is 108 Å². The highest BCUT2D eigenvalue weighted by atomic mass is 16.3. The van der Waals surface area contributed by atoms with Crippen molar-refractivity contribution < 1.29 is 4.42 Å². The van der Waals surface area contributed by atoms with E-state index in [9.17, 15) is 4.79 Å². The lowest BCUT2D eigenvalue weighted by Gasteiger charge is -2.09. The number of nitrogens with zero attached hydrogens (tertiary/aromatic N) is 6. The zero-order valence-corrected chi connectivity index (χ0v) is 20.1. The highest BCUT2D eigenvalue weighted by Gasteiger charge is 2.18. The van der Waals surface area contributed by atoms with E-state index >= 15 is 0 Å². The molecule has 0 N–H and O–H groups in total. The molecule has 2 aromatic carbocycles. The fraction of sp³-hybridized carbons (Fsp3) is 0. The van der Waals surface area contributed by atoms with Gasteiger partial charge in [-0.2, -0.15) is 0 Å². The van der Waals surface area contributed by atoms with Gasteiger partial charge in [0, 0.05) is 33.9 Å². The average Bonchev–Trinajstić information content (AvgIpc) is 2.98. The summed E-state index contributed by atoms with van der Waals surface area (Å²) in [6.07, 6.45) is 6.62. The van der Waals surface area contributed by atoms with Crippen LogP contribution in [0.2, 0.25) is 0 Å². The van der Waals surface area contributed by atoms with E-state index < -0.39 is 0 Å². The second-order valence-corrected chi connectivity index (χ2v) is 9.56. The van der Waals surface area contributed by atoms with E-state index in [2.05, 4.69) is 19.9 Å². The van der Waals surface area contributed by atoms with Gasteiger partial charge in [0.1, 0.15) is 11.0 Å².